The zero-order valence-electron chi connectivity index (χ0n) is 10.8. The predicted molar refractivity (Wildman–Crippen MR) is 74.1 cm³/mol. The molecule has 5 heteroatoms. The number of aromatic nitrogens is 1. The molecule has 0 amide bonds. The van der Waals surface area contributed by atoms with Gasteiger partial charge < -0.3 is 5.32 Å². The summed E-state index contributed by atoms with van der Waals surface area (Å²) in [6.45, 7) is 3.93. The highest BCUT2D eigenvalue weighted by molar-refractivity contribution is 5.46. The van der Waals surface area contributed by atoms with Gasteiger partial charge in [-0.2, -0.15) is 0 Å². The maximum atomic E-state index is 10.8. The molecule has 1 aromatic carbocycles. The third-order valence-electron chi connectivity index (χ3n) is 2.84. The summed E-state index contributed by atoms with van der Waals surface area (Å²) in [6.07, 6.45) is 3.52. The van der Waals surface area contributed by atoms with E-state index in [9.17, 15) is 10.1 Å². The molecule has 0 saturated carbocycles. The largest absolute Gasteiger partial charge is 0.377 e. The Bertz CT molecular complexity index is 599. The summed E-state index contributed by atoms with van der Waals surface area (Å²) < 4.78 is 0. The molecule has 0 fully saturated rings. The fourth-order valence-electron chi connectivity index (χ4n) is 1.87. The number of benzene rings is 1. The standard InChI is InChI=1S/C14H15N3O2/c1-10-6-13(9-15-8-10)16-11(2)12-4-3-5-14(7-12)17(18)19/h3-9,11,16H,1-2H3. The molecule has 0 bridgehead atoms. The van der Waals surface area contributed by atoms with Gasteiger partial charge in [0, 0.05) is 30.6 Å². The second kappa shape index (κ2) is 5.48. The van der Waals surface area contributed by atoms with E-state index in [-0.39, 0.29) is 16.7 Å². The molecule has 2 rings (SSSR count). The van der Waals surface area contributed by atoms with Crippen LogP contribution in [0.3, 0.4) is 0 Å². The lowest BCUT2D eigenvalue weighted by Crippen LogP contribution is -2.07. The Balaban J connectivity index is 2.18. The number of hydrogen-bond donors (Lipinski definition) is 1. The molecule has 0 aliphatic heterocycles. The Morgan fingerprint density at radius 2 is 2.11 bits per heavy atom. The third-order valence-corrected chi connectivity index (χ3v) is 2.84. The molecule has 19 heavy (non-hydrogen) atoms. The maximum Gasteiger partial charge on any atom is 0.269 e. The van der Waals surface area contributed by atoms with E-state index < -0.39 is 0 Å². The average Bonchev–Trinajstić information content (AvgIpc) is 2.39. The Kier molecular flexibility index (Phi) is 3.75. The van der Waals surface area contributed by atoms with Crippen LogP contribution < -0.4 is 5.32 Å². The van der Waals surface area contributed by atoms with Crippen LogP contribution in [0.5, 0.6) is 0 Å². The maximum absolute atomic E-state index is 10.8. The van der Waals surface area contributed by atoms with Crippen LogP contribution in [0.25, 0.3) is 0 Å². The van der Waals surface area contributed by atoms with E-state index in [2.05, 4.69) is 10.3 Å². The topological polar surface area (TPSA) is 68.1 Å². The minimum absolute atomic E-state index is 0.0245. The molecule has 1 N–H and O–H groups in total. The van der Waals surface area contributed by atoms with Gasteiger partial charge in [0.1, 0.15) is 0 Å². The highest BCUT2D eigenvalue weighted by Gasteiger charge is 2.10. The zero-order valence-corrected chi connectivity index (χ0v) is 10.8. The molecule has 1 aromatic heterocycles. The second-order valence-electron chi connectivity index (χ2n) is 4.47. The summed E-state index contributed by atoms with van der Waals surface area (Å²) in [5, 5.41) is 14.0. The van der Waals surface area contributed by atoms with E-state index in [0.717, 1.165) is 16.8 Å². The normalized spacial score (nSPS) is 11.9. The van der Waals surface area contributed by atoms with Gasteiger partial charge in [-0.15, -0.1) is 0 Å². The fraction of sp³-hybridized carbons (Fsp3) is 0.214. The number of anilines is 1. The van der Waals surface area contributed by atoms with Gasteiger partial charge in [0.25, 0.3) is 5.69 Å². The summed E-state index contributed by atoms with van der Waals surface area (Å²) in [5.41, 5.74) is 2.94. The summed E-state index contributed by atoms with van der Waals surface area (Å²) in [6, 6.07) is 8.60. The van der Waals surface area contributed by atoms with Gasteiger partial charge in [0.05, 0.1) is 10.6 Å². The van der Waals surface area contributed by atoms with Crippen LogP contribution in [0.2, 0.25) is 0 Å². The van der Waals surface area contributed by atoms with Crippen LogP contribution in [0, 0.1) is 17.0 Å². The second-order valence-corrected chi connectivity index (χ2v) is 4.47. The van der Waals surface area contributed by atoms with E-state index in [1.165, 1.54) is 6.07 Å². The average molecular weight is 257 g/mol. The van der Waals surface area contributed by atoms with E-state index in [0.29, 0.717) is 0 Å². The highest BCUT2D eigenvalue weighted by atomic mass is 16.6. The van der Waals surface area contributed by atoms with Gasteiger partial charge in [-0.1, -0.05) is 12.1 Å². The summed E-state index contributed by atoms with van der Waals surface area (Å²) in [4.78, 5) is 14.5. The van der Waals surface area contributed by atoms with Gasteiger partial charge in [0.15, 0.2) is 0 Å². The lowest BCUT2D eigenvalue weighted by atomic mass is 10.1. The zero-order chi connectivity index (χ0) is 13.8. The van der Waals surface area contributed by atoms with Crippen LogP contribution in [0.15, 0.2) is 42.7 Å². The number of aryl methyl sites for hydroxylation is 1. The molecule has 1 atom stereocenters. The predicted octanol–water partition coefficient (Wildman–Crippen LogP) is 3.47. The molecule has 5 nitrogen and oxygen atoms in total. The first kappa shape index (κ1) is 13.0. The Morgan fingerprint density at radius 1 is 1.32 bits per heavy atom. The van der Waals surface area contributed by atoms with Crippen molar-refractivity contribution in [1.82, 2.24) is 4.98 Å². The van der Waals surface area contributed by atoms with Crippen LogP contribution in [-0.4, -0.2) is 9.91 Å². The van der Waals surface area contributed by atoms with Gasteiger partial charge in [-0.05, 0) is 31.0 Å². The molecule has 0 aliphatic rings. The minimum Gasteiger partial charge on any atom is -0.377 e. The van der Waals surface area contributed by atoms with E-state index in [1.54, 1.807) is 24.5 Å². The lowest BCUT2D eigenvalue weighted by molar-refractivity contribution is -0.384. The number of nitro benzene ring substituents is 1. The van der Waals surface area contributed by atoms with E-state index in [1.807, 2.05) is 26.0 Å². The molecule has 2 aromatic rings. The molecule has 0 spiro atoms. The van der Waals surface area contributed by atoms with Gasteiger partial charge in [0.2, 0.25) is 0 Å². The monoisotopic (exact) mass is 257 g/mol. The van der Waals surface area contributed by atoms with Crippen molar-refractivity contribution in [2.75, 3.05) is 5.32 Å². The number of nitrogens with one attached hydrogen (secondary N) is 1. The third kappa shape index (κ3) is 3.28. The highest BCUT2D eigenvalue weighted by Crippen LogP contribution is 2.22. The first-order valence-electron chi connectivity index (χ1n) is 5.99. The Labute approximate surface area is 111 Å². The van der Waals surface area contributed by atoms with E-state index in [4.69, 9.17) is 0 Å². The number of nitrogens with zero attached hydrogens (tertiary/aromatic N) is 2. The summed E-state index contributed by atoms with van der Waals surface area (Å²) in [5.74, 6) is 0. The number of hydrogen-bond acceptors (Lipinski definition) is 4. The van der Waals surface area contributed by atoms with Crippen LogP contribution in [0.1, 0.15) is 24.1 Å². The molecular weight excluding hydrogens is 242 g/mol. The first-order valence-corrected chi connectivity index (χ1v) is 5.99. The molecule has 0 radical (unpaired) electrons. The lowest BCUT2D eigenvalue weighted by Gasteiger charge is -2.15. The van der Waals surface area contributed by atoms with Crippen molar-refractivity contribution < 1.29 is 4.92 Å². The summed E-state index contributed by atoms with van der Waals surface area (Å²) in [7, 11) is 0. The van der Waals surface area contributed by atoms with Crippen LogP contribution >= 0.6 is 0 Å². The van der Waals surface area contributed by atoms with Crippen molar-refractivity contribution in [1.29, 1.82) is 0 Å². The number of non-ortho nitro benzene ring substituents is 1. The molecule has 1 unspecified atom stereocenters. The van der Waals surface area contributed by atoms with Crippen molar-refractivity contribution in [3.8, 4) is 0 Å². The number of rotatable bonds is 4. The number of pyridine rings is 1. The number of nitro groups is 1. The van der Waals surface area contributed by atoms with Gasteiger partial charge in [-0.25, -0.2) is 0 Å². The first-order chi connectivity index (χ1) is 9.06. The Morgan fingerprint density at radius 3 is 2.79 bits per heavy atom. The van der Waals surface area contributed by atoms with Gasteiger partial charge in [-0.3, -0.25) is 15.1 Å². The minimum atomic E-state index is -0.384. The fourth-order valence-corrected chi connectivity index (χ4v) is 1.87. The van der Waals surface area contributed by atoms with E-state index >= 15 is 0 Å². The smallest absolute Gasteiger partial charge is 0.269 e. The molecule has 0 aliphatic carbocycles. The Hall–Kier alpha value is -2.43. The van der Waals surface area contributed by atoms with Crippen molar-refractivity contribution >= 4 is 11.4 Å². The summed E-state index contributed by atoms with van der Waals surface area (Å²) >= 11 is 0. The van der Waals surface area contributed by atoms with Crippen LogP contribution in [-0.2, 0) is 0 Å². The SMILES string of the molecule is Cc1cncc(NC(C)c2cccc([N+](=O)[O-])c2)c1. The molecular formula is C14H15N3O2. The van der Waals surface area contributed by atoms with Crippen molar-refractivity contribution in [3.63, 3.8) is 0 Å². The molecule has 1 heterocycles. The molecule has 0 saturated heterocycles. The van der Waals surface area contributed by atoms with Gasteiger partial charge >= 0.3 is 0 Å². The molecule has 98 valence electrons. The van der Waals surface area contributed by atoms with Crippen LogP contribution in [0.4, 0.5) is 11.4 Å². The van der Waals surface area contributed by atoms with Crippen molar-refractivity contribution in [2.45, 2.75) is 19.9 Å². The van der Waals surface area contributed by atoms with Crippen molar-refractivity contribution in [3.05, 3.63) is 64.0 Å². The van der Waals surface area contributed by atoms with Crippen molar-refractivity contribution in [2.24, 2.45) is 0 Å². The quantitative estimate of drug-likeness (QED) is 0.672.